The summed E-state index contributed by atoms with van der Waals surface area (Å²) in [5.74, 6) is 0. The van der Waals surface area contributed by atoms with Crippen molar-refractivity contribution < 1.29 is 13.2 Å². The molecule has 100 valence electrons. The van der Waals surface area contributed by atoms with Crippen LogP contribution in [0.2, 0.25) is 0 Å². The van der Waals surface area contributed by atoms with Crippen LogP contribution in [-0.2, 0) is 14.8 Å². The minimum absolute atomic E-state index is 0.113. The van der Waals surface area contributed by atoms with E-state index < -0.39 is 10.0 Å². The predicted octanol–water partition coefficient (Wildman–Crippen LogP) is 1.44. The van der Waals surface area contributed by atoms with Gasteiger partial charge in [-0.25, -0.2) is 8.42 Å². The van der Waals surface area contributed by atoms with Crippen molar-refractivity contribution in [1.82, 2.24) is 4.31 Å². The third kappa shape index (κ3) is 2.54. The minimum atomic E-state index is -3.56. The summed E-state index contributed by atoms with van der Waals surface area (Å²) in [7, 11) is -2.00. The Bertz CT molecular complexity index is 541. The highest BCUT2D eigenvalue weighted by Gasteiger charge is 2.31. The first-order chi connectivity index (χ1) is 8.43. The lowest BCUT2D eigenvalue weighted by molar-refractivity contribution is 0.181. The van der Waals surface area contributed by atoms with Crippen LogP contribution in [0.4, 0.5) is 5.69 Å². The molecular formula is C11H15BrN2O3S. The van der Waals surface area contributed by atoms with Gasteiger partial charge >= 0.3 is 0 Å². The fourth-order valence-corrected chi connectivity index (χ4v) is 3.76. The van der Waals surface area contributed by atoms with Crippen molar-refractivity contribution in [2.75, 3.05) is 26.0 Å². The van der Waals surface area contributed by atoms with Crippen LogP contribution in [-0.4, -0.2) is 39.0 Å². The first-order valence-corrected chi connectivity index (χ1v) is 7.77. The Balaban J connectivity index is 2.35. The fourth-order valence-electron chi connectivity index (χ4n) is 1.91. The molecule has 1 aromatic carbocycles. The van der Waals surface area contributed by atoms with Gasteiger partial charge in [0.15, 0.2) is 0 Å². The van der Waals surface area contributed by atoms with Gasteiger partial charge in [0.2, 0.25) is 10.0 Å². The molecule has 0 radical (unpaired) electrons. The standard InChI is InChI=1S/C11H15BrN2O3S/c1-14(9-4-5-17-7-9)18(15,16)11-3-2-8(12)6-10(11)13/h2-3,6,9H,4-5,7,13H2,1H3. The molecule has 1 aliphatic rings. The Kier molecular flexibility index (Phi) is 3.96. The molecule has 18 heavy (non-hydrogen) atoms. The van der Waals surface area contributed by atoms with Gasteiger partial charge in [0, 0.05) is 18.1 Å². The Labute approximate surface area is 115 Å². The molecule has 1 unspecified atom stereocenters. The van der Waals surface area contributed by atoms with Crippen LogP contribution in [0.3, 0.4) is 0 Å². The van der Waals surface area contributed by atoms with Gasteiger partial charge in [-0.2, -0.15) is 4.31 Å². The molecule has 0 aromatic heterocycles. The van der Waals surface area contributed by atoms with E-state index in [1.165, 1.54) is 10.4 Å². The van der Waals surface area contributed by atoms with E-state index in [-0.39, 0.29) is 16.6 Å². The van der Waals surface area contributed by atoms with Gasteiger partial charge in [0.05, 0.1) is 18.3 Å². The molecular weight excluding hydrogens is 320 g/mol. The number of nitrogens with zero attached hydrogens (tertiary/aromatic N) is 1. The summed E-state index contributed by atoms with van der Waals surface area (Å²) in [6.07, 6.45) is 0.714. The van der Waals surface area contributed by atoms with E-state index >= 15 is 0 Å². The molecule has 1 fully saturated rings. The van der Waals surface area contributed by atoms with E-state index in [2.05, 4.69) is 15.9 Å². The van der Waals surface area contributed by atoms with Gasteiger partial charge in [0.25, 0.3) is 0 Å². The number of nitrogens with two attached hydrogens (primary N) is 1. The van der Waals surface area contributed by atoms with Gasteiger partial charge in [-0.15, -0.1) is 0 Å². The summed E-state index contributed by atoms with van der Waals surface area (Å²) in [5.41, 5.74) is 6.02. The third-order valence-electron chi connectivity index (χ3n) is 3.05. The van der Waals surface area contributed by atoms with E-state index in [4.69, 9.17) is 10.5 Å². The number of sulfonamides is 1. The van der Waals surface area contributed by atoms with Crippen molar-refractivity contribution in [3.8, 4) is 0 Å². The number of halogens is 1. The maximum atomic E-state index is 12.4. The SMILES string of the molecule is CN(C1CCOC1)S(=O)(=O)c1ccc(Br)cc1N. The first kappa shape index (κ1) is 13.8. The van der Waals surface area contributed by atoms with Gasteiger partial charge < -0.3 is 10.5 Å². The molecule has 2 rings (SSSR count). The summed E-state index contributed by atoms with van der Waals surface area (Å²) >= 11 is 3.26. The van der Waals surface area contributed by atoms with Crippen LogP contribution in [0.25, 0.3) is 0 Å². The number of hydrogen-bond acceptors (Lipinski definition) is 4. The highest BCUT2D eigenvalue weighted by molar-refractivity contribution is 9.10. The van der Waals surface area contributed by atoms with E-state index in [0.29, 0.717) is 19.6 Å². The first-order valence-electron chi connectivity index (χ1n) is 5.53. The lowest BCUT2D eigenvalue weighted by Gasteiger charge is -2.23. The van der Waals surface area contributed by atoms with Crippen molar-refractivity contribution in [3.63, 3.8) is 0 Å². The average molecular weight is 335 g/mol. The maximum Gasteiger partial charge on any atom is 0.245 e. The highest BCUT2D eigenvalue weighted by Crippen LogP contribution is 2.27. The van der Waals surface area contributed by atoms with Gasteiger partial charge in [-0.3, -0.25) is 0 Å². The van der Waals surface area contributed by atoms with Crippen molar-refractivity contribution >= 4 is 31.6 Å². The summed E-state index contributed by atoms with van der Waals surface area (Å²) in [6, 6.07) is 4.66. The topological polar surface area (TPSA) is 72.6 Å². The van der Waals surface area contributed by atoms with E-state index in [0.717, 1.165) is 4.47 Å². The van der Waals surface area contributed by atoms with E-state index in [1.807, 2.05) is 0 Å². The van der Waals surface area contributed by atoms with Crippen molar-refractivity contribution in [3.05, 3.63) is 22.7 Å². The Hall–Kier alpha value is -0.630. The zero-order chi connectivity index (χ0) is 13.3. The zero-order valence-corrected chi connectivity index (χ0v) is 12.4. The summed E-state index contributed by atoms with van der Waals surface area (Å²) < 4.78 is 32.2. The van der Waals surface area contributed by atoms with Gasteiger partial charge in [0.1, 0.15) is 4.90 Å². The zero-order valence-electron chi connectivity index (χ0n) is 9.97. The number of rotatable bonds is 3. The van der Waals surface area contributed by atoms with Gasteiger partial charge in [-0.05, 0) is 24.6 Å². The number of likely N-dealkylation sites (N-methyl/N-ethyl adjacent to an activating group) is 1. The summed E-state index contributed by atoms with van der Waals surface area (Å²) in [6.45, 7) is 1.03. The van der Waals surface area contributed by atoms with Crippen LogP contribution in [0, 0.1) is 0 Å². The average Bonchev–Trinajstić information content (AvgIpc) is 2.80. The van der Waals surface area contributed by atoms with Crippen molar-refractivity contribution in [2.45, 2.75) is 17.4 Å². The monoisotopic (exact) mass is 334 g/mol. The van der Waals surface area contributed by atoms with Crippen molar-refractivity contribution in [1.29, 1.82) is 0 Å². The minimum Gasteiger partial charge on any atom is -0.398 e. The number of nitrogen functional groups attached to an aromatic ring is 1. The second-order valence-electron chi connectivity index (χ2n) is 4.22. The molecule has 0 saturated carbocycles. The molecule has 0 amide bonds. The Morgan fingerprint density at radius 1 is 1.50 bits per heavy atom. The smallest absolute Gasteiger partial charge is 0.245 e. The molecule has 1 aliphatic heterocycles. The number of ether oxygens (including phenoxy) is 1. The molecule has 1 atom stereocenters. The largest absolute Gasteiger partial charge is 0.398 e. The molecule has 1 aromatic rings. The molecule has 1 saturated heterocycles. The molecule has 1 heterocycles. The van der Waals surface area contributed by atoms with Crippen LogP contribution < -0.4 is 5.73 Å². The van der Waals surface area contributed by atoms with Gasteiger partial charge in [-0.1, -0.05) is 15.9 Å². The third-order valence-corrected chi connectivity index (χ3v) is 5.53. The number of benzene rings is 1. The van der Waals surface area contributed by atoms with E-state index in [9.17, 15) is 8.42 Å². The maximum absolute atomic E-state index is 12.4. The predicted molar refractivity (Wildman–Crippen MR) is 72.7 cm³/mol. The molecule has 2 N–H and O–H groups in total. The fraction of sp³-hybridized carbons (Fsp3) is 0.455. The van der Waals surface area contributed by atoms with Crippen LogP contribution in [0.15, 0.2) is 27.6 Å². The number of hydrogen-bond donors (Lipinski definition) is 1. The molecule has 7 heteroatoms. The quantitative estimate of drug-likeness (QED) is 0.849. The summed E-state index contributed by atoms with van der Waals surface area (Å²) in [5, 5.41) is 0. The lowest BCUT2D eigenvalue weighted by atomic mass is 10.3. The van der Waals surface area contributed by atoms with Crippen LogP contribution in [0.5, 0.6) is 0 Å². The van der Waals surface area contributed by atoms with Crippen LogP contribution >= 0.6 is 15.9 Å². The Morgan fingerprint density at radius 3 is 2.78 bits per heavy atom. The molecule has 0 spiro atoms. The lowest BCUT2D eigenvalue weighted by Crippen LogP contribution is -2.37. The molecule has 0 aliphatic carbocycles. The normalized spacial score (nSPS) is 20.5. The van der Waals surface area contributed by atoms with Crippen LogP contribution in [0.1, 0.15) is 6.42 Å². The number of anilines is 1. The van der Waals surface area contributed by atoms with E-state index in [1.54, 1.807) is 19.2 Å². The Morgan fingerprint density at radius 2 is 2.22 bits per heavy atom. The second kappa shape index (κ2) is 5.16. The summed E-state index contributed by atoms with van der Waals surface area (Å²) in [4.78, 5) is 0.139. The van der Waals surface area contributed by atoms with Crippen molar-refractivity contribution in [2.24, 2.45) is 0 Å². The second-order valence-corrected chi connectivity index (χ2v) is 7.10. The molecule has 0 bridgehead atoms. The molecule has 5 nitrogen and oxygen atoms in total. The highest BCUT2D eigenvalue weighted by atomic mass is 79.9.